The van der Waals surface area contributed by atoms with Gasteiger partial charge in [-0.05, 0) is 24.3 Å². The molecule has 1 aromatic carbocycles. The summed E-state index contributed by atoms with van der Waals surface area (Å²) in [5.74, 6) is 0.991. The molecule has 0 saturated heterocycles. The van der Waals surface area contributed by atoms with Crippen LogP contribution in [0.3, 0.4) is 0 Å². The summed E-state index contributed by atoms with van der Waals surface area (Å²) in [6, 6.07) is 15.1. The lowest BCUT2D eigenvalue weighted by molar-refractivity contribution is -0.120. The molecule has 1 N–H and O–H groups in total. The predicted octanol–water partition coefficient (Wildman–Crippen LogP) is 3.14. The molecule has 6 heteroatoms. The van der Waals surface area contributed by atoms with E-state index in [0.29, 0.717) is 12.4 Å². The first-order chi connectivity index (χ1) is 12.1. The van der Waals surface area contributed by atoms with Gasteiger partial charge in [0.2, 0.25) is 5.91 Å². The summed E-state index contributed by atoms with van der Waals surface area (Å²) in [6.45, 7) is 2.14. The summed E-state index contributed by atoms with van der Waals surface area (Å²) < 4.78 is 7.29. The van der Waals surface area contributed by atoms with Crippen LogP contribution in [0.4, 0.5) is 5.82 Å². The third-order valence-corrected chi connectivity index (χ3v) is 3.80. The van der Waals surface area contributed by atoms with Gasteiger partial charge < -0.3 is 10.1 Å². The minimum absolute atomic E-state index is 0.111. The number of anilines is 1. The highest BCUT2D eigenvalue weighted by Gasteiger charge is 2.16. The van der Waals surface area contributed by atoms with Crippen LogP contribution in [-0.4, -0.2) is 27.3 Å². The summed E-state index contributed by atoms with van der Waals surface area (Å²) in [7, 11) is 1.80. The van der Waals surface area contributed by atoms with Gasteiger partial charge in [0.05, 0.1) is 18.2 Å². The fraction of sp³-hybridized carbons (Fsp3) is 0.211. The molecule has 2 aromatic heterocycles. The first kappa shape index (κ1) is 16.7. The quantitative estimate of drug-likeness (QED) is 0.751. The average molecular weight is 336 g/mol. The number of rotatable bonds is 6. The van der Waals surface area contributed by atoms with Crippen molar-refractivity contribution in [2.24, 2.45) is 13.0 Å². The van der Waals surface area contributed by atoms with E-state index in [2.05, 4.69) is 15.4 Å². The molecule has 6 nitrogen and oxygen atoms in total. The maximum absolute atomic E-state index is 12.4. The molecule has 3 rings (SSSR count). The second-order valence-corrected chi connectivity index (χ2v) is 5.79. The van der Waals surface area contributed by atoms with Gasteiger partial charge in [0.25, 0.3) is 0 Å². The van der Waals surface area contributed by atoms with Crippen LogP contribution in [0.25, 0.3) is 11.3 Å². The lowest BCUT2D eigenvalue weighted by Crippen LogP contribution is -2.26. The van der Waals surface area contributed by atoms with E-state index in [1.54, 1.807) is 24.1 Å². The molecule has 0 saturated carbocycles. The van der Waals surface area contributed by atoms with Crippen molar-refractivity contribution in [3.63, 3.8) is 0 Å². The van der Waals surface area contributed by atoms with Gasteiger partial charge in [0.15, 0.2) is 0 Å². The zero-order valence-electron chi connectivity index (χ0n) is 14.2. The van der Waals surface area contributed by atoms with Gasteiger partial charge in [-0.25, -0.2) is 0 Å². The standard InChI is InChI=1S/C19H20N4O2/c1-14(13-25-16-6-4-3-5-7-16)19(24)21-18-12-17(22-23(18)2)15-8-10-20-11-9-15/h3-12,14H,13H2,1-2H3,(H,21,24). The van der Waals surface area contributed by atoms with E-state index in [9.17, 15) is 4.79 Å². The SMILES string of the molecule is CC(COc1ccccc1)C(=O)Nc1cc(-c2ccncc2)nn1C. The van der Waals surface area contributed by atoms with Crippen molar-refractivity contribution >= 4 is 11.7 Å². The molecule has 0 bridgehead atoms. The number of hydrogen-bond donors (Lipinski definition) is 1. The zero-order chi connectivity index (χ0) is 17.6. The van der Waals surface area contributed by atoms with Gasteiger partial charge in [-0.2, -0.15) is 5.10 Å². The normalized spacial score (nSPS) is 11.8. The van der Waals surface area contributed by atoms with Gasteiger partial charge in [-0.3, -0.25) is 14.5 Å². The largest absolute Gasteiger partial charge is 0.493 e. The van der Waals surface area contributed by atoms with Crippen molar-refractivity contribution in [1.82, 2.24) is 14.8 Å². The van der Waals surface area contributed by atoms with Gasteiger partial charge in [0, 0.05) is 31.1 Å². The van der Waals surface area contributed by atoms with Crippen LogP contribution in [0, 0.1) is 5.92 Å². The fourth-order valence-corrected chi connectivity index (χ4v) is 2.31. The smallest absolute Gasteiger partial charge is 0.231 e. The summed E-state index contributed by atoms with van der Waals surface area (Å²) in [5, 5.41) is 7.33. The Bertz CT molecular complexity index is 831. The van der Waals surface area contributed by atoms with E-state index in [0.717, 1.165) is 17.0 Å². The van der Waals surface area contributed by atoms with Crippen molar-refractivity contribution < 1.29 is 9.53 Å². The van der Waals surface area contributed by atoms with Crippen molar-refractivity contribution in [3.05, 3.63) is 60.9 Å². The Balaban J connectivity index is 1.61. The first-order valence-electron chi connectivity index (χ1n) is 8.06. The number of hydrogen-bond acceptors (Lipinski definition) is 4. The number of nitrogens with one attached hydrogen (secondary N) is 1. The minimum Gasteiger partial charge on any atom is -0.493 e. The van der Waals surface area contributed by atoms with Gasteiger partial charge in [-0.1, -0.05) is 25.1 Å². The Labute approximate surface area is 146 Å². The maximum Gasteiger partial charge on any atom is 0.231 e. The molecule has 0 aliphatic carbocycles. The van der Waals surface area contributed by atoms with E-state index in [-0.39, 0.29) is 11.8 Å². The molecule has 0 aliphatic heterocycles. The van der Waals surface area contributed by atoms with E-state index in [1.807, 2.05) is 55.5 Å². The number of benzene rings is 1. The summed E-state index contributed by atoms with van der Waals surface area (Å²) in [6.07, 6.45) is 3.43. The van der Waals surface area contributed by atoms with Crippen LogP contribution in [-0.2, 0) is 11.8 Å². The number of carbonyl (C=O) groups is 1. The minimum atomic E-state index is -0.292. The number of nitrogens with zero attached hydrogens (tertiary/aromatic N) is 3. The van der Waals surface area contributed by atoms with Crippen LogP contribution in [0.1, 0.15) is 6.92 Å². The second-order valence-electron chi connectivity index (χ2n) is 5.79. The highest BCUT2D eigenvalue weighted by atomic mass is 16.5. The molecular weight excluding hydrogens is 316 g/mol. The van der Waals surface area contributed by atoms with Crippen LogP contribution < -0.4 is 10.1 Å². The highest BCUT2D eigenvalue weighted by Crippen LogP contribution is 2.21. The number of pyridine rings is 1. The molecule has 0 spiro atoms. The lowest BCUT2D eigenvalue weighted by atomic mass is 10.2. The third kappa shape index (κ3) is 4.23. The number of ether oxygens (including phenoxy) is 1. The molecule has 25 heavy (non-hydrogen) atoms. The van der Waals surface area contributed by atoms with Crippen LogP contribution in [0.2, 0.25) is 0 Å². The van der Waals surface area contributed by atoms with Gasteiger partial charge in [0.1, 0.15) is 11.6 Å². The van der Waals surface area contributed by atoms with E-state index < -0.39 is 0 Å². The first-order valence-corrected chi connectivity index (χ1v) is 8.06. The molecular formula is C19H20N4O2. The van der Waals surface area contributed by atoms with Gasteiger partial charge in [-0.15, -0.1) is 0 Å². The predicted molar refractivity (Wildman–Crippen MR) is 96.2 cm³/mol. The summed E-state index contributed by atoms with van der Waals surface area (Å²) in [5.41, 5.74) is 1.74. The Morgan fingerprint density at radius 3 is 2.64 bits per heavy atom. The van der Waals surface area contributed by atoms with Crippen LogP contribution >= 0.6 is 0 Å². The monoisotopic (exact) mass is 336 g/mol. The number of para-hydroxylation sites is 1. The van der Waals surface area contributed by atoms with E-state index >= 15 is 0 Å². The highest BCUT2D eigenvalue weighted by molar-refractivity contribution is 5.92. The molecule has 1 atom stereocenters. The van der Waals surface area contributed by atoms with Crippen LogP contribution in [0.15, 0.2) is 60.9 Å². The van der Waals surface area contributed by atoms with Crippen molar-refractivity contribution in [3.8, 4) is 17.0 Å². The molecule has 128 valence electrons. The topological polar surface area (TPSA) is 69.0 Å². The Hall–Kier alpha value is -3.15. The fourth-order valence-electron chi connectivity index (χ4n) is 2.31. The summed E-state index contributed by atoms with van der Waals surface area (Å²) >= 11 is 0. The van der Waals surface area contributed by atoms with Crippen molar-refractivity contribution in [2.45, 2.75) is 6.92 Å². The van der Waals surface area contributed by atoms with Crippen LogP contribution in [0.5, 0.6) is 5.75 Å². The molecule has 3 aromatic rings. The maximum atomic E-state index is 12.4. The molecule has 1 unspecified atom stereocenters. The number of carbonyl (C=O) groups excluding carboxylic acids is 1. The van der Waals surface area contributed by atoms with Crippen molar-refractivity contribution in [2.75, 3.05) is 11.9 Å². The Morgan fingerprint density at radius 2 is 1.92 bits per heavy atom. The van der Waals surface area contributed by atoms with Crippen molar-refractivity contribution in [1.29, 1.82) is 0 Å². The Kier molecular flexibility index (Phi) is 5.09. The number of aromatic nitrogens is 3. The number of aryl methyl sites for hydroxylation is 1. The molecule has 0 fully saturated rings. The second kappa shape index (κ2) is 7.61. The van der Waals surface area contributed by atoms with Gasteiger partial charge >= 0.3 is 0 Å². The zero-order valence-corrected chi connectivity index (χ0v) is 14.2. The summed E-state index contributed by atoms with van der Waals surface area (Å²) in [4.78, 5) is 16.4. The molecule has 0 aliphatic rings. The third-order valence-electron chi connectivity index (χ3n) is 3.80. The molecule has 2 heterocycles. The molecule has 1 amide bonds. The molecule has 0 radical (unpaired) electrons. The number of amides is 1. The van der Waals surface area contributed by atoms with E-state index in [4.69, 9.17) is 4.74 Å². The lowest BCUT2D eigenvalue weighted by Gasteiger charge is -2.13. The Morgan fingerprint density at radius 1 is 1.20 bits per heavy atom. The average Bonchev–Trinajstić information content (AvgIpc) is 3.02. The van der Waals surface area contributed by atoms with E-state index in [1.165, 1.54) is 0 Å².